The zero-order valence-electron chi connectivity index (χ0n) is 5.44. The number of terminal acetylenes is 1. The highest BCUT2D eigenvalue weighted by atomic mass is 33.1. The molecule has 1 aliphatic rings. The van der Waals surface area contributed by atoms with E-state index in [1.807, 2.05) is 7.05 Å². The second kappa shape index (κ2) is 2.72. The number of likely N-dealkylation sites (N-methyl/N-ethyl adjacent to an activating group) is 1. The number of rotatable bonds is 0. The maximum atomic E-state index is 5.19. The van der Waals surface area contributed by atoms with Crippen molar-refractivity contribution in [2.75, 3.05) is 13.7 Å². The van der Waals surface area contributed by atoms with Crippen molar-refractivity contribution >= 4 is 30.0 Å². The molecule has 1 heterocycles. The molecule has 10 heavy (non-hydrogen) atoms. The summed E-state index contributed by atoms with van der Waals surface area (Å²) in [6.45, 7) is 0.481. The van der Waals surface area contributed by atoms with Gasteiger partial charge in [0.05, 0.1) is 14.2 Å². The maximum Gasteiger partial charge on any atom is 0.108 e. The molecule has 1 saturated heterocycles. The van der Waals surface area contributed by atoms with E-state index in [2.05, 4.69) is 5.92 Å². The molecular formula is C5H7NOS3. The van der Waals surface area contributed by atoms with Crippen molar-refractivity contribution in [2.45, 2.75) is 6.04 Å². The van der Waals surface area contributed by atoms with Crippen LogP contribution in [0, 0.1) is 12.3 Å². The third kappa shape index (κ3) is 1.31. The predicted octanol–water partition coefficient (Wildman–Crippen LogP) is -0.142. The Kier molecular flexibility index (Phi) is 2.28. The highest BCUT2D eigenvalue weighted by Gasteiger charge is 2.27. The summed E-state index contributed by atoms with van der Waals surface area (Å²) in [7, 11) is -0.0164. The topological polar surface area (TPSA) is 12.5 Å². The second-order valence-electron chi connectivity index (χ2n) is 1.94. The minimum Gasteiger partial charge on any atom is -0.296 e. The molecule has 0 aromatic carbocycles. The van der Waals surface area contributed by atoms with Crippen LogP contribution in [-0.4, -0.2) is 24.0 Å². The number of hydrogen-bond acceptors (Lipinski definition) is 3. The molecule has 0 bridgehead atoms. The third-order valence-electron chi connectivity index (χ3n) is 1.36. The quantitative estimate of drug-likeness (QED) is 0.496. The largest absolute Gasteiger partial charge is 0.296 e. The summed E-state index contributed by atoms with van der Waals surface area (Å²) < 4.78 is 6.93. The maximum absolute atomic E-state index is 5.19. The molecule has 0 aromatic heterocycles. The van der Waals surface area contributed by atoms with Crippen LogP contribution in [0.3, 0.4) is 0 Å². The van der Waals surface area contributed by atoms with Gasteiger partial charge in [-0.2, -0.15) is 0 Å². The summed E-state index contributed by atoms with van der Waals surface area (Å²) in [6, 6.07) is -0.0231. The van der Waals surface area contributed by atoms with Gasteiger partial charge in [0.15, 0.2) is 0 Å². The Bertz CT molecular complexity index is 263. The molecule has 0 amide bonds. The molecule has 0 saturated carbocycles. The minimum atomic E-state index is -1.83. The fourth-order valence-electron chi connectivity index (χ4n) is 0.647. The zero-order valence-corrected chi connectivity index (χ0v) is 7.89. The second-order valence-corrected chi connectivity index (χ2v) is 6.95. The highest BCUT2D eigenvalue weighted by molar-refractivity contribution is 8.53. The van der Waals surface area contributed by atoms with Crippen molar-refractivity contribution in [1.29, 1.82) is 0 Å². The van der Waals surface area contributed by atoms with Crippen LogP contribution in [0.4, 0.5) is 0 Å². The van der Waals surface area contributed by atoms with Crippen LogP contribution in [0.1, 0.15) is 0 Å². The van der Waals surface area contributed by atoms with Crippen molar-refractivity contribution in [3.05, 3.63) is 0 Å². The van der Waals surface area contributed by atoms with E-state index in [9.17, 15) is 0 Å². The molecule has 1 atom stereocenters. The number of nitrogens with zero attached hydrogens (tertiary/aromatic N) is 1. The van der Waals surface area contributed by atoms with Gasteiger partial charge in [-0.15, -0.1) is 6.42 Å². The molecule has 0 aliphatic carbocycles. The standard InChI is InChI=1S/C5H7NOS3/c1-3-5-4-7-10(8,9)6(5)2/h1,5H,4H2,2H3. The lowest BCUT2D eigenvalue weighted by Crippen LogP contribution is -2.27. The van der Waals surface area contributed by atoms with Crippen LogP contribution in [-0.2, 0) is 34.2 Å². The SMILES string of the molecule is C#CC1COS(=S)(=S)N1C. The van der Waals surface area contributed by atoms with Crippen molar-refractivity contribution in [3.63, 3.8) is 0 Å². The zero-order chi connectivity index (χ0) is 7.78. The summed E-state index contributed by atoms with van der Waals surface area (Å²) in [5, 5.41) is 0. The van der Waals surface area contributed by atoms with Gasteiger partial charge in [-0.25, -0.2) is 4.31 Å². The van der Waals surface area contributed by atoms with Crippen LogP contribution in [0.2, 0.25) is 0 Å². The lowest BCUT2D eigenvalue weighted by atomic mass is 10.3. The molecule has 0 N–H and O–H groups in total. The van der Waals surface area contributed by atoms with Crippen molar-refractivity contribution in [3.8, 4) is 12.3 Å². The van der Waals surface area contributed by atoms with Crippen molar-refractivity contribution in [2.24, 2.45) is 0 Å². The molecule has 1 aliphatic heterocycles. The highest BCUT2D eigenvalue weighted by Crippen LogP contribution is 2.15. The van der Waals surface area contributed by atoms with Crippen LogP contribution < -0.4 is 0 Å². The monoisotopic (exact) mass is 193 g/mol. The predicted molar refractivity (Wildman–Crippen MR) is 48.4 cm³/mol. The first-order valence-electron chi connectivity index (χ1n) is 2.66. The van der Waals surface area contributed by atoms with E-state index in [0.717, 1.165) is 0 Å². The van der Waals surface area contributed by atoms with E-state index in [-0.39, 0.29) is 6.04 Å². The van der Waals surface area contributed by atoms with Crippen LogP contribution in [0.5, 0.6) is 0 Å². The van der Waals surface area contributed by atoms with Gasteiger partial charge < -0.3 is 0 Å². The lowest BCUT2D eigenvalue weighted by molar-refractivity contribution is 0.372. The Balaban J connectivity index is 2.90. The first-order chi connectivity index (χ1) is 4.58. The van der Waals surface area contributed by atoms with Crippen LogP contribution >= 0.6 is 0 Å². The molecule has 1 unspecified atom stereocenters. The summed E-state index contributed by atoms with van der Waals surface area (Å²) in [4.78, 5) is 0. The molecule has 56 valence electrons. The van der Waals surface area contributed by atoms with E-state index in [0.29, 0.717) is 6.61 Å². The third-order valence-corrected chi connectivity index (χ3v) is 4.74. The molecular weight excluding hydrogens is 186 g/mol. The molecule has 1 rings (SSSR count). The molecule has 1 fully saturated rings. The van der Waals surface area contributed by atoms with Crippen LogP contribution in [0.25, 0.3) is 0 Å². The van der Waals surface area contributed by atoms with Crippen LogP contribution in [0.15, 0.2) is 0 Å². The van der Waals surface area contributed by atoms with E-state index < -0.39 is 7.61 Å². The Morgan fingerprint density at radius 3 is 2.60 bits per heavy atom. The minimum absolute atomic E-state index is 0.0231. The molecule has 2 nitrogen and oxygen atoms in total. The summed E-state index contributed by atoms with van der Waals surface area (Å²) in [6.07, 6.45) is 5.19. The summed E-state index contributed by atoms with van der Waals surface area (Å²) in [5.41, 5.74) is 0. The van der Waals surface area contributed by atoms with E-state index in [4.69, 9.17) is 33.0 Å². The summed E-state index contributed by atoms with van der Waals surface area (Å²) >= 11 is 9.96. The van der Waals surface area contributed by atoms with Gasteiger partial charge in [0.25, 0.3) is 0 Å². The van der Waals surface area contributed by atoms with E-state index in [1.54, 1.807) is 4.31 Å². The summed E-state index contributed by atoms with van der Waals surface area (Å²) in [5.74, 6) is 2.56. The molecule has 0 aromatic rings. The smallest absolute Gasteiger partial charge is 0.108 e. The van der Waals surface area contributed by atoms with Gasteiger partial charge in [-0.05, 0) is 22.4 Å². The van der Waals surface area contributed by atoms with Gasteiger partial charge in [0.1, 0.15) is 6.04 Å². The van der Waals surface area contributed by atoms with Gasteiger partial charge >= 0.3 is 0 Å². The van der Waals surface area contributed by atoms with Crippen molar-refractivity contribution < 1.29 is 4.18 Å². The number of hydrogen-bond donors (Lipinski definition) is 0. The molecule has 5 heteroatoms. The Morgan fingerprint density at radius 2 is 2.40 bits per heavy atom. The average Bonchev–Trinajstić information content (AvgIpc) is 2.10. The molecule has 0 radical (unpaired) electrons. The van der Waals surface area contributed by atoms with Gasteiger partial charge in [0.2, 0.25) is 0 Å². The molecule has 0 spiro atoms. The normalized spacial score (nSPS) is 31.8. The Labute approximate surface area is 70.7 Å². The first-order valence-corrected chi connectivity index (χ1v) is 6.03. The first kappa shape index (κ1) is 8.37. The van der Waals surface area contributed by atoms with E-state index in [1.165, 1.54) is 0 Å². The van der Waals surface area contributed by atoms with Crippen molar-refractivity contribution in [1.82, 2.24) is 4.31 Å². The van der Waals surface area contributed by atoms with Gasteiger partial charge in [-0.1, -0.05) is 5.92 Å². The fourth-order valence-corrected chi connectivity index (χ4v) is 2.50. The van der Waals surface area contributed by atoms with Gasteiger partial charge in [0, 0.05) is 7.05 Å². The Morgan fingerprint density at radius 1 is 1.80 bits per heavy atom. The average molecular weight is 193 g/mol. The fraction of sp³-hybridized carbons (Fsp3) is 0.600. The van der Waals surface area contributed by atoms with Gasteiger partial charge in [-0.3, -0.25) is 4.18 Å². The lowest BCUT2D eigenvalue weighted by Gasteiger charge is -2.13. The Hall–Kier alpha value is 0.270. The van der Waals surface area contributed by atoms with E-state index >= 15 is 0 Å².